The first-order chi connectivity index (χ1) is 9.54. The molecule has 0 radical (unpaired) electrons. The van der Waals surface area contributed by atoms with Crippen molar-refractivity contribution in [2.24, 2.45) is 16.8 Å². The molecule has 1 heterocycles. The minimum Gasteiger partial charge on any atom is -0.409 e. The van der Waals surface area contributed by atoms with Crippen LogP contribution in [-0.2, 0) is 6.54 Å². The van der Waals surface area contributed by atoms with Crippen LogP contribution in [0.2, 0.25) is 0 Å². The monoisotopic (exact) mass is 279 g/mol. The molecule has 1 aliphatic heterocycles. The van der Waals surface area contributed by atoms with Gasteiger partial charge in [-0.2, -0.15) is 0 Å². The van der Waals surface area contributed by atoms with E-state index in [1.807, 2.05) is 0 Å². The van der Waals surface area contributed by atoms with Gasteiger partial charge in [0.15, 0.2) is 5.84 Å². The van der Waals surface area contributed by atoms with Crippen molar-refractivity contribution in [1.29, 1.82) is 0 Å². The van der Waals surface area contributed by atoms with Gasteiger partial charge in [-0.3, -0.25) is 4.90 Å². The Kier molecular flexibility index (Phi) is 4.60. The molecule has 2 rings (SSSR count). The number of likely N-dealkylation sites (tertiary alicyclic amines) is 1. The first-order valence-corrected chi connectivity index (χ1v) is 7.04. The SMILES string of the molecule is CC1CCCN(Cc2cccc(/C(N)=N/O)c2F)C1C. The predicted molar refractivity (Wildman–Crippen MR) is 77.2 cm³/mol. The van der Waals surface area contributed by atoms with Crippen LogP contribution < -0.4 is 5.73 Å². The Morgan fingerprint density at radius 2 is 2.25 bits per heavy atom. The average Bonchev–Trinajstić information content (AvgIpc) is 2.45. The first-order valence-electron chi connectivity index (χ1n) is 7.04. The fourth-order valence-electron chi connectivity index (χ4n) is 2.82. The Labute approximate surface area is 119 Å². The van der Waals surface area contributed by atoms with E-state index in [-0.39, 0.29) is 11.4 Å². The molecule has 110 valence electrons. The van der Waals surface area contributed by atoms with Gasteiger partial charge in [0.05, 0.1) is 5.56 Å². The molecule has 1 aliphatic rings. The van der Waals surface area contributed by atoms with Crippen molar-refractivity contribution in [3.05, 3.63) is 35.1 Å². The lowest BCUT2D eigenvalue weighted by molar-refractivity contribution is 0.105. The molecule has 1 aromatic carbocycles. The summed E-state index contributed by atoms with van der Waals surface area (Å²) in [6, 6.07) is 5.46. The standard InChI is InChI=1S/C15H22FN3O/c1-10-5-4-8-19(11(10)2)9-12-6-3-7-13(14(12)16)15(17)18-20/h3,6-7,10-11,20H,4-5,8-9H2,1-2H3,(H2,17,18). The van der Waals surface area contributed by atoms with Crippen molar-refractivity contribution in [1.82, 2.24) is 4.90 Å². The molecular weight excluding hydrogens is 257 g/mol. The number of nitrogens with zero attached hydrogens (tertiary/aromatic N) is 2. The van der Waals surface area contributed by atoms with Gasteiger partial charge in [0, 0.05) is 18.2 Å². The molecule has 0 bridgehead atoms. The summed E-state index contributed by atoms with van der Waals surface area (Å²) < 4.78 is 14.4. The molecule has 0 spiro atoms. The molecule has 2 atom stereocenters. The van der Waals surface area contributed by atoms with Gasteiger partial charge < -0.3 is 10.9 Å². The fraction of sp³-hybridized carbons (Fsp3) is 0.533. The number of hydrogen-bond acceptors (Lipinski definition) is 3. The quantitative estimate of drug-likeness (QED) is 0.387. The summed E-state index contributed by atoms with van der Waals surface area (Å²) in [7, 11) is 0. The minimum absolute atomic E-state index is 0.155. The fourth-order valence-corrected chi connectivity index (χ4v) is 2.82. The number of rotatable bonds is 3. The number of hydrogen-bond donors (Lipinski definition) is 2. The van der Waals surface area contributed by atoms with E-state index in [0.29, 0.717) is 24.1 Å². The molecule has 5 heteroatoms. The van der Waals surface area contributed by atoms with Crippen LogP contribution >= 0.6 is 0 Å². The Morgan fingerprint density at radius 1 is 1.50 bits per heavy atom. The van der Waals surface area contributed by atoms with Gasteiger partial charge in [-0.05, 0) is 38.3 Å². The lowest BCUT2D eigenvalue weighted by atomic mass is 9.91. The Balaban J connectivity index is 2.21. The lowest BCUT2D eigenvalue weighted by Crippen LogP contribution is -2.41. The zero-order valence-electron chi connectivity index (χ0n) is 12.0. The van der Waals surface area contributed by atoms with E-state index in [9.17, 15) is 4.39 Å². The summed E-state index contributed by atoms with van der Waals surface area (Å²) in [5.74, 6) is 0.0386. The number of benzene rings is 1. The van der Waals surface area contributed by atoms with Gasteiger partial charge in [-0.25, -0.2) is 4.39 Å². The molecule has 0 amide bonds. The zero-order chi connectivity index (χ0) is 14.7. The maximum atomic E-state index is 14.4. The van der Waals surface area contributed by atoms with Crippen LogP contribution in [0.25, 0.3) is 0 Å². The molecule has 4 nitrogen and oxygen atoms in total. The van der Waals surface area contributed by atoms with E-state index in [0.717, 1.165) is 13.0 Å². The van der Waals surface area contributed by atoms with E-state index in [1.54, 1.807) is 12.1 Å². The van der Waals surface area contributed by atoms with Crippen LogP contribution in [-0.4, -0.2) is 28.5 Å². The highest BCUT2D eigenvalue weighted by molar-refractivity contribution is 5.97. The number of piperidine rings is 1. The van der Waals surface area contributed by atoms with Crippen LogP contribution in [0.15, 0.2) is 23.4 Å². The van der Waals surface area contributed by atoms with Gasteiger partial charge in [-0.1, -0.05) is 24.2 Å². The molecule has 0 saturated carbocycles. The third-order valence-corrected chi connectivity index (χ3v) is 4.34. The molecule has 0 aromatic heterocycles. The molecule has 20 heavy (non-hydrogen) atoms. The normalized spacial score (nSPS) is 24.9. The van der Waals surface area contributed by atoms with Crippen molar-refractivity contribution < 1.29 is 9.60 Å². The summed E-state index contributed by atoms with van der Waals surface area (Å²) >= 11 is 0. The summed E-state index contributed by atoms with van der Waals surface area (Å²) in [4.78, 5) is 2.29. The largest absolute Gasteiger partial charge is 0.409 e. The molecule has 1 aromatic rings. The smallest absolute Gasteiger partial charge is 0.173 e. The third kappa shape index (κ3) is 2.93. The average molecular weight is 279 g/mol. The Bertz CT molecular complexity index is 504. The van der Waals surface area contributed by atoms with E-state index in [4.69, 9.17) is 10.9 Å². The van der Waals surface area contributed by atoms with Crippen LogP contribution in [0.3, 0.4) is 0 Å². The van der Waals surface area contributed by atoms with Crippen LogP contribution in [0, 0.1) is 11.7 Å². The molecule has 2 unspecified atom stereocenters. The minimum atomic E-state index is -0.395. The molecule has 1 saturated heterocycles. The Morgan fingerprint density at radius 3 is 2.95 bits per heavy atom. The highest BCUT2D eigenvalue weighted by atomic mass is 19.1. The van der Waals surface area contributed by atoms with Gasteiger partial charge in [0.1, 0.15) is 5.82 Å². The van der Waals surface area contributed by atoms with Crippen LogP contribution in [0.5, 0.6) is 0 Å². The van der Waals surface area contributed by atoms with Gasteiger partial charge in [-0.15, -0.1) is 0 Å². The molecule has 0 aliphatic carbocycles. The van der Waals surface area contributed by atoms with Crippen LogP contribution in [0.4, 0.5) is 4.39 Å². The second kappa shape index (κ2) is 6.22. The molecule has 3 N–H and O–H groups in total. The molecule has 1 fully saturated rings. The van der Waals surface area contributed by atoms with Crippen molar-refractivity contribution in [2.45, 2.75) is 39.3 Å². The summed E-state index contributed by atoms with van der Waals surface area (Å²) in [6.45, 7) is 5.97. The highest BCUT2D eigenvalue weighted by Gasteiger charge is 2.25. The van der Waals surface area contributed by atoms with Crippen molar-refractivity contribution in [3.63, 3.8) is 0 Å². The van der Waals surface area contributed by atoms with Gasteiger partial charge in [0.2, 0.25) is 0 Å². The second-order valence-electron chi connectivity index (χ2n) is 5.59. The number of amidine groups is 1. The van der Waals surface area contributed by atoms with Crippen molar-refractivity contribution in [2.75, 3.05) is 6.54 Å². The van der Waals surface area contributed by atoms with E-state index in [2.05, 4.69) is 23.9 Å². The maximum absolute atomic E-state index is 14.4. The third-order valence-electron chi connectivity index (χ3n) is 4.34. The number of nitrogens with two attached hydrogens (primary N) is 1. The first kappa shape index (κ1) is 14.8. The zero-order valence-corrected chi connectivity index (χ0v) is 12.0. The summed E-state index contributed by atoms with van der Waals surface area (Å²) in [5, 5.41) is 11.6. The Hall–Kier alpha value is -1.62. The van der Waals surface area contributed by atoms with E-state index in [1.165, 1.54) is 12.5 Å². The topological polar surface area (TPSA) is 61.8 Å². The maximum Gasteiger partial charge on any atom is 0.173 e. The number of oxime groups is 1. The van der Waals surface area contributed by atoms with Crippen LogP contribution in [0.1, 0.15) is 37.8 Å². The predicted octanol–water partition coefficient (Wildman–Crippen LogP) is 2.54. The van der Waals surface area contributed by atoms with Crippen molar-refractivity contribution >= 4 is 5.84 Å². The summed E-state index contributed by atoms with van der Waals surface area (Å²) in [6.07, 6.45) is 2.37. The second-order valence-corrected chi connectivity index (χ2v) is 5.59. The van der Waals surface area contributed by atoms with E-state index < -0.39 is 5.82 Å². The van der Waals surface area contributed by atoms with Gasteiger partial charge >= 0.3 is 0 Å². The molecular formula is C15H22FN3O. The number of halogens is 1. The van der Waals surface area contributed by atoms with E-state index >= 15 is 0 Å². The van der Waals surface area contributed by atoms with Gasteiger partial charge in [0.25, 0.3) is 0 Å². The van der Waals surface area contributed by atoms with Crippen molar-refractivity contribution in [3.8, 4) is 0 Å². The lowest BCUT2D eigenvalue weighted by Gasteiger charge is -2.38. The highest BCUT2D eigenvalue weighted by Crippen LogP contribution is 2.25. The summed E-state index contributed by atoms with van der Waals surface area (Å²) in [5.41, 5.74) is 6.24.